The van der Waals surface area contributed by atoms with Crippen LogP contribution in [0.2, 0.25) is 0 Å². The lowest BCUT2D eigenvalue weighted by Crippen LogP contribution is -2.34. The number of nitrogens with one attached hydrogen (secondary N) is 1. The Morgan fingerprint density at radius 3 is 2.69 bits per heavy atom. The van der Waals surface area contributed by atoms with Crippen molar-refractivity contribution in [3.63, 3.8) is 0 Å². The second-order valence-electron chi connectivity index (χ2n) is 6.09. The SMILES string of the molecule is COc1ccccc1C[C@@H](C)NC(=O)c1c(-c2ccncc2)noc1C. The molecule has 0 saturated carbocycles. The van der Waals surface area contributed by atoms with Gasteiger partial charge < -0.3 is 14.6 Å². The third kappa shape index (κ3) is 3.74. The van der Waals surface area contributed by atoms with Crippen molar-refractivity contribution in [1.29, 1.82) is 0 Å². The van der Waals surface area contributed by atoms with Crippen molar-refractivity contribution >= 4 is 5.91 Å². The number of para-hydroxylation sites is 1. The molecule has 0 radical (unpaired) electrons. The molecule has 1 amide bonds. The van der Waals surface area contributed by atoms with E-state index in [2.05, 4.69) is 15.5 Å². The van der Waals surface area contributed by atoms with Crippen LogP contribution in [0.4, 0.5) is 0 Å². The van der Waals surface area contributed by atoms with Crippen molar-refractivity contribution in [1.82, 2.24) is 15.5 Å². The fourth-order valence-corrected chi connectivity index (χ4v) is 2.89. The molecule has 2 aromatic heterocycles. The molecule has 134 valence electrons. The Morgan fingerprint density at radius 1 is 1.23 bits per heavy atom. The molecule has 1 aromatic carbocycles. The highest BCUT2D eigenvalue weighted by Crippen LogP contribution is 2.25. The summed E-state index contributed by atoms with van der Waals surface area (Å²) in [5.74, 6) is 1.09. The number of ether oxygens (including phenoxy) is 1. The highest BCUT2D eigenvalue weighted by molar-refractivity contribution is 6.00. The highest BCUT2D eigenvalue weighted by Gasteiger charge is 2.23. The van der Waals surface area contributed by atoms with E-state index in [9.17, 15) is 4.79 Å². The van der Waals surface area contributed by atoms with E-state index in [0.717, 1.165) is 16.9 Å². The predicted molar refractivity (Wildman–Crippen MR) is 98.1 cm³/mol. The molecule has 0 aliphatic rings. The van der Waals surface area contributed by atoms with Gasteiger partial charge in [-0.1, -0.05) is 23.4 Å². The van der Waals surface area contributed by atoms with E-state index < -0.39 is 0 Å². The molecule has 0 unspecified atom stereocenters. The first-order valence-corrected chi connectivity index (χ1v) is 8.39. The van der Waals surface area contributed by atoms with E-state index >= 15 is 0 Å². The van der Waals surface area contributed by atoms with Gasteiger partial charge >= 0.3 is 0 Å². The zero-order valence-electron chi connectivity index (χ0n) is 15.0. The maximum atomic E-state index is 12.8. The van der Waals surface area contributed by atoms with Gasteiger partial charge in [-0.3, -0.25) is 9.78 Å². The zero-order valence-corrected chi connectivity index (χ0v) is 15.0. The van der Waals surface area contributed by atoms with E-state index in [4.69, 9.17) is 9.26 Å². The molecule has 0 aliphatic heterocycles. The molecule has 0 aliphatic carbocycles. The molecule has 1 atom stereocenters. The molecule has 6 heteroatoms. The van der Waals surface area contributed by atoms with Crippen LogP contribution in [0.3, 0.4) is 0 Å². The number of amides is 1. The van der Waals surface area contributed by atoms with E-state index in [0.29, 0.717) is 23.4 Å². The summed E-state index contributed by atoms with van der Waals surface area (Å²) < 4.78 is 10.6. The van der Waals surface area contributed by atoms with E-state index in [-0.39, 0.29) is 11.9 Å². The Labute approximate surface area is 152 Å². The van der Waals surface area contributed by atoms with Crippen LogP contribution in [0.15, 0.2) is 53.3 Å². The quantitative estimate of drug-likeness (QED) is 0.736. The minimum atomic E-state index is -0.210. The molecule has 6 nitrogen and oxygen atoms in total. The van der Waals surface area contributed by atoms with E-state index in [1.165, 1.54) is 0 Å². The van der Waals surface area contributed by atoms with Crippen molar-refractivity contribution < 1.29 is 14.1 Å². The second kappa shape index (κ2) is 7.82. The van der Waals surface area contributed by atoms with Gasteiger partial charge in [0, 0.05) is 24.0 Å². The molecule has 0 spiro atoms. The Morgan fingerprint density at radius 2 is 1.96 bits per heavy atom. The number of benzene rings is 1. The van der Waals surface area contributed by atoms with Crippen LogP contribution in [0, 0.1) is 6.92 Å². The summed E-state index contributed by atoms with van der Waals surface area (Å²) in [7, 11) is 1.64. The summed E-state index contributed by atoms with van der Waals surface area (Å²) in [5.41, 5.74) is 2.80. The summed E-state index contributed by atoms with van der Waals surface area (Å²) in [6, 6.07) is 11.3. The largest absolute Gasteiger partial charge is 0.496 e. The molecule has 3 aromatic rings. The third-order valence-electron chi connectivity index (χ3n) is 4.14. The van der Waals surface area contributed by atoms with Gasteiger partial charge in [0.15, 0.2) is 0 Å². The van der Waals surface area contributed by atoms with Crippen LogP contribution in [-0.2, 0) is 6.42 Å². The molecule has 2 heterocycles. The molecule has 3 rings (SSSR count). The number of aromatic nitrogens is 2. The Hall–Kier alpha value is -3.15. The van der Waals surface area contributed by atoms with Crippen LogP contribution < -0.4 is 10.1 Å². The van der Waals surface area contributed by atoms with Crippen molar-refractivity contribution in [2.45, 2.75) is 26.3 Å². The number of nitrogens with zero attached hydrogens (tertiary/aromatic N) is 2. The minimum absolute atomic E-state index is 0.0848. The van der Waals surface area contributed by atoms with Crippen LogP contribution in [0.1, 0.15) is 28.6 Å². The normalized spacial score (nSPS) is 11.8. The van der Waals surface area contributed by atoms with Gasteiger partial charge in [0.2, 0.25) is 0 Å². The lowest BCUT2D eigenvalue weighted by atomic mass is 10.0. The summed E-state index contributed by atoms with van der Waals surface area (Å²) in [5, 5.41) is 7.07. The number of hydrogen-bond donors (Lipinski definition) is 1. The smallest absolute Gasteiger partial charge is 0.257 e. The topological polar surface area (TPSA) is 77.2 Å². The molecular formula is C20H21N3O3. The summed E-state index contributed by atoms with van der Waals surface area (Å²) in [6.45, 7) is 3.69. The molecule has 1 N–H and O–H groups in total. The molecule has 0 fully saturated rings. The first-order chi connectivity index (χ1) is 12.6. The first-order valence-electron chi connectivity index (χ1n) is 8.39. The number of pyridine rings is 1. The molecular weight excluding hydrogens is 330 g/mol. The second-order valence-corrected chi connectivity index (χ2v) is 6.09. The van der Waals surface area contributed by atoms with Crippen LogP contribution >= 0.6 is 0 Å². The van der Waals surface area contributed by atoms with E-state index in [1.807, 2.05) is 31.2 Å². The minimum Gasteiger partial charge on any atom is -0.496 e. The molecule has 0 bridgehead atoms. The monoisotopic (exact) mass is 351 g/mol. The standard InChI is InChI=1S/C20H21N3O3/c1-13(12-16-6-4-5-7-17(16)25-3)22-20(24)18-14(2)26-23-19(18)15-8-10-21-11-9-15/h4-11,13H,12H2,1-3H3,(H,22,24)/t13-/m1/s1. The average molecular weight is 351 g/mol. The van der Waals surface area contributed by atoms with Gasteiger partial charge in [-0.15, -0.1) is 0 Å². The zero-order chi connectivity index (χ0) is 18.5. The fourth-order valence-electron chi connectivity index (χ4n) is 2.89. The Kier molecular flexibility index (Phi) is 5.31. The lowest BCUT2D eigenvalue weighted by Gasteiger charge is -2.16. The van der Waals surface area contributed by atoms with Gasteiger partial charge in [0.05, 0.1) is 7.11 Å². The van der Waals surface area contributed by atoms with Gasteiger partial charge in [0.1, 0.15) is 22.8 Å². The van der Waals surface area contributed by atoms with Crippen molar-refractivity contribution in [3.05, 3.63) is 65.7 Å². The number of methoxy groups -OCH3 is 1. The summed E-state index contributed by atoms with van der Waals surface area (Å²) in [4.78, 5) is 16.8. The number of rotatable bonds is 6. The molecule has 0 saturated heterocycles. The average Bonchev–Trinajstić information content (AvgIpc) is 3.04. The van der Waals surface area contributed by atoms with Gasteiger partial charge in [-0.2, -0.15) is 0 Å². The number of carbonyl (C=O) groups is 1. The maximum Gasteiger partial charge on any atom is 0.257 e. The molecule has 26 heavy (non-hydrogen) atoms. The Bertz CT molecular complexity index is 890. The van der Waals surface area contributed by atoms with Gasteiger partial charge in [-0.25, -0.2) is 0 Å². The van der Waals surface area contributed by atoms with Crippen molar-refractivity contribution in [3.8, 4) is 17.0 Å². The van der Waals surface area contributed by atoms with Crippen LogP contribution in [0.25, 0.3) is 11.3 Å². The summed E-state index contributed by atoms with van der Waals surface area (Å²) in [6.07, 6.45) is 3.97. The van der Waals surface area contributed by atoms with Crippen LogP contribution in [-0.4, -0.2) is 29.2 Å². The predicted octanol–water partition coefficient (Wildman–Crippen LogP) is 3.41. The summed E-state index contributed by atoms with van der Waals surface area (Å²) >= 11 is 0. The fraction of sp³-hybridized carbons (Fsp3) is 0.250. The third-order valence-corrected chi connectivity index (χ3v) is 4.14. The number of carbonyl (C=O) groups excluding carboxylic acids is 1. The van der Waals surface area contributed by atoms with Gasteiger partial charge in [0.25, 0.3) is 5.91 Å². The Balaban J connectivity index is 1.77. The van der Waals surface area contributed by atoms with Crippen LogP contribution in [0.5, 0.6) is 5.75 Å². The van der Waals surface area contributed by atoms with Crippen molar-refractivity contribution in [2.75, 3.05) is 7.11 Å². The van der Waals surface area contributed by atoms with Gasteiger partial charge in [-0.05, 0) is 44.0 Å². The first kappa shape index (κ1) is 17.7. The van der Waals surface area contributed by atoms with Crippen molar-refractivity contribution in [2.24, 2.45) is 0 Å². The van der Waals surface area contributed by atoms with E-state index in [1.54, 1.807) is 38.6 Å². The number of aryl methyl sites for hydroxylation is 1. The maximum absolute atomic E-state index is 12.8. The number of hydrogen-bond acceptors (Lipinski definition) is 5. The lowest BCUT2D eigenvalue weighted by molar-refractivity contribution is 0.0939. The highest BCUT2D eigenvalue weighted by atomic mass is 16.5.